The lowest BCUT2D eigenvalue weighted by molar-refractivity contribution is -0.143. The average molecular weight is 442 g/mol. The molecule has 0 saturated carbocycles. The molecule has 7 nitrogen and oxygen atoms in total. The number of alkyl halides is 3. The summed E-state index contributed by atoms with van der Waals surface area (Å²) in [6.45, 7) is 2.22. The fourth-order valence-corrected chi connectivity index (χ4v) is 4.01. The first-order chi connectivity index (χ1) is 14.8. The molecule has 10 heteroatoms. The van der Waals surface area contributed by atoms with Gasteiger partial charge in [0, 0.05) is 32.7 Å². The number of morpholine rings is 1. The van der Waals surface area contributed by atoms with Crippen molar-refractivity contribution in [1.82, 2.24) is 20.4 Å². The Morgan fingerprint density at radius 3 is 2.48 bits per heavy atom. The molecule has 2 saturated heterocycles. The molecule has 2 aliphatic rings. The molecular weight excluding hydrogens is 413 g/mol. The average Bonchev–Trinajstić information content (AvgIpc) is 3.19. The van der Waals surface area contributed by atoms with Crippen LogP contribution in [0.1, 0.15) is 17.9 Å². The Morgan fingerprint density at radius 1 is 1.10 bits per heavy atom. The van der Waals surface area contributed by atoms with E-state index in [-0.39, 0.29) is 18.4 Å². The molecule has 0 radical (unpaired) electrons. The number of halogens is 3. The van der Waals surface area contributed by atoms with E-state index in [0.29, 0.717) is 52.4 Å². The minimum atomic E-state index is -4.21. The normalized spacial score (nSPS) is 21.0. The van der Waals surface area contributed by atoms with Gasteiger partial charge in [-0.3, -0.25) is 9.69 Å². The number of nitrogens with zero attached hydrogens (tertiary/aromatic N) is 2. The van der Waals surface area contributed by atoms with Crippen LogP contribution in [0.4, 0.5) is 18.0 Å². The van der Waals surface area contributed by atoms with Crippen LogP contribution in [0.3, 0.4) is 0 Å². The van der Waals surface area contributed by atoms with Gasteiger partial charge in [0.15, 0.2) is 0 Å². The van der Waals surface area contributed by atoms with Gasteiger partial charge in [0.05, 0.1) is 25.7 Å². The second-order valence-corrected chi connectivity index (χ2v) is 8.00. The maximum absolute atomic E-state index is 13.0. The van der Waals surface area contributed by atoms with Crippen LogP contribution in [0.2, 0.25) is 0 Å². The zero-order valence-electron chi connectivity index (χ0n) is 17.4. The number of rotatable bonds is 7. The van der Waals surface area contributed by atoms with Crippen molar-refractivity contribution in [3.8, 4) is 0 Å². The molecule has 0 spiro atoms. The summed E-state index contributed by atoms with van der Waals surface area (Å²) in [5.74, 6) is -0.597. The fraction of sp³-hybridized carbons (Fsp3) is 0.619. The third-order valence-corrected chi connectivity index (χ3v) is 5.61. The van der Waals surface area contributed by atoms with Crippen LogP contribution in [0.15, 0.2) is 30.3 Å². The number of hydrogen-bond donors (Lipinski definition) is 2. The third-order valence-electron chi connectivity index (χ3n) is 5.61. The Bertz CT molecular complexity index is 726. The second kappa shape index (κ2) is 10.8. The first-order valence-corrected chi connectivity index (χ1v) is 10.5. The van der Waals surface area contributed by atoms with Gasteiger partial charge >= 0.3 is 12.2 Å². The molecule has 2 aliphatic heterocycles. The van der Waals surface area contributed by atoms with E-state index >= 15 is 0 Å². The Morgan fingerprint density at radius 2 is 1.81 bits per heavy atom. The number of carbonyl (C=O) groups excluding carboxylic acids is 2. The Balaban J connectivity index is 1.48. The monoisotopic (exact) mass is 442 g/mol. The highest BCUT2D eigenvalue weighted by atomic mass is 19.4. The summed E-state index contributed by atoms with van der Waals surface area (Å²) >= 11 is 0. The molecule has 3 rings (SSSR count). The Labute approximate surface area is 179 Å². The van der Waals surface area contributed by atoms with Crippen molar-refractivity contribution in [3.63, 3.8) is 0 Å². The standard InChI is InChI=1S/C21H29F3N4O3/c22-21(23,24)15-27-7-6-16(14-27)12-25-20(30)26-13-18(17-4-2-1-3-5-17)19(29)28-8-10-31-11-9-28/h1-5,16,18H,6-15H2,(H2,25,26,30). The number of urea groups is 1. The fourth-order valence-electron chi connectivity index (χ4n) is 4.01. The molecule has 2 N–H and O–H groups in total. The number of amides is 3. The van der Waals surface area contributed by atoms with Gasteiger partial charge in [-0.25, -0.2) is 4.79 Å². The predicted molar refractivity (Wildman–Crippen MR) is 109 cm³/mol. The van der Waals surface area contributed by atoms with Crippen molar-refractivity contribution in [2.75, 3.05) is 59.0 Å². The van der Waals surface area contributed by atoms with Crippen molar-refractivity contribution >= 4 is 11.9 Å². The summed E-state index contributed by atoms with van der Waals surface area (Å²) in [5, 5.41) is 5.48. The molecule has 172 valence electrons. The molecule has 2 unspecified atom stereocenters. The molecule has 2 fully saturated rings. The summed E-state index contributed by atoms with van der Waals surface area (Å²) in [6.07, 6.45) is -3.60. The summed E-state index contributed by atoms with van der Waals surface area (Å²) in [7, 11) is 0. The first kappa shape index (κ1) is 23.3. The third kappa shape index (κ3) is 7.39. The molecule has 2 heterocycles. The molecule has 0 aliphatic carbocycles. The Hall–Kier alpha value is -2.33. The van der Waals surface area contributed by atoms with Crippen LogP contribution >= 0.6 is 0 Å². The molecule has 0 bridgehead atoms. The maximum Gasteiger partial charge on any atom is 0.401 e. The minimum absolute atomic E-state index is 0.0204. The van der Waals surface area contributed by atoms with Crippen LogP contribution < -0.4 is 10.6 Å². The summed E-state index contributed by atoms with van der Waals surface area (Å²) < 4.78 is 42.8. The van der Waals surface area contributed by atoms with Gasteiger partial charge in [-0.1, -0.05) is 30.3 Å². The van der Waals surface area contributed by atoms with Gasteiger partial charge < -0.3 is 20.3 Å². The van der Waals surface area contributed by atoms with Crippen LogP contribution in [0.25, 0.3) is 0 Å². The predicted octanol–water partition coefficient (Wildman–Crippen LogP) is 1.81. The highest BCUT2D eigenvalue weighted by molar-refractivity contribution is 5.85. The lowest BCUT2D eigenvalue weighted by atomic mass is 9.97. The smallest absolute Gasteiger partial charge is 0.378 e. The molecule has 2 atom stereocenters. The molecule has 31 heavy (non-hydrogen) atoms. The van der Waals surface area contributed by atoms with Gasteiger partial charge in [-0.15, -0.1) is 0 Å². The van der Waals surface area contributed by atoms with E-state index in [0.717, 1.165) is 5.56 Å². The van der Waals surface area contributed by atoms with E-state index in [4.69, 9.17) is 4.74 Å². The topological polar surface area (TPSA) is 73.9 Å². The van der Waals surface area contributed by atoms with Crippen molar-refractivity contribution in [2.45, 2.75) is 18.5 Å². The van der Waals surface area contributed by atoms with E-state index in [1.807, 2.05) is 30.3 Å². The number of hydrogen-bond acceptors (Lipinski definition) is 4. The van der Waals surface area contributed by atoms with E-state index in [2.05, 4.69) is 10.6 Å². The molecule has 1 aromatic carbocycles. The number of nitrogens with one attached hydrogen (secondary N) is 2. The second-order valence-electron chi connectivity index (χ2n) is 8.00. The van der Waals surface area contributed by atoms with E-state index in [1.54, 1.807) is 4.90 Å². The van der Waals surface area contributed by atoms with Crippen molar-refractivity contribution in [1.29, 1.82) is 0 Å². The lowest BCUT2D eigenvalue weighted by Gasteiger charge is -2.30. The highest BCUT2D eigenvalue weighted by Crippen LogP contribution is 2.22. The maximum atomic E-state index is 13.0. The van der Waals surface area contributed by atoms with E-state index in [1.165, 1.54) is 4.90 Å². The van der Waals surface area contributed by atoms with Gasteiger partial charge in [0.1, 0.15) is 0 Å². The molecule has 0 aromatic heterocycles. The van der Waals surface area contributed by atoms with E-state index in [9.17, 15) is 22.8 Å². The minimum Gasteiger partial charge on any atom is -0.378 e. The van der Waals surface area contributed by atoms with Gasteiger partial charge in [0.2, 0.25) is 5.91 Å². The van der Waals surface area contributed by atoms with Crippen molar-refractivity contribution in [3.05, 3.63) is 35.9 Å². The first-order valence-electron chi connectivity index (χ1n) is 10.5. The van der Waals surface area contributed by atoms with Gasteiger partial charge in [0.25, 0.3) is 0 Å². The van der Waals surface area contributed by atoms with Gasteiger partial charge in [-0.2, -0.15) is 13.2 Å². The number of ether oxygens (including phenoxy) is 1. The summed E-state index contributed by atoms with van der Waals surface area (Å²) in [4.78, 5) is 28.4. The molecular formula is C21H29F3N4O3. The highest BCUT2D eigenvalue weighted by Gasteiger charge is 2.34. The van der Waals surface area contributed by atoms with Gasteiger partial charge in [-0.05, 0) is 24.4 Å². The lowest BCUT2D eigenvalue weighted by Crippen LogP contribution is -2.47. The molecule has 1 aromatic rings. The van der Waals surface area contributed by atoms with Crippen molar-refractivity contribution < 1.29 is 27.5 Å². The number of likely N-dealkylation sites (tertiary alicyclic amines) is 1. The summed E-state index contributed by atoms with van der Waals surface area (Å²) in [5.41, 5.74) is 0.817. The largest absolute Gasteiger partial charge is 0.401 e. The number of benzene rings is 1. The Kier molecular flexibility index (Phi) is 8.14. The SMILES string of the molecule is O=C(NCC1CCN(CC(F)(F)F)C1)NCC(C(=O)N1CCOCC1)c1ccccc1. The summed E-state index contributed by atoms with van der Waals surface area (Å²) in [6, 6.07) is 8.85. The quantitative estimate of drug-likeness (QED) is 0.676. The number of carbonyl (C=O) groups is 2. The van der Waals surface area contributed by atoms with Crippen LogP contribution in [-0.4, -0.2) is 86.9 Å². The zero-order chi connectivity index (χ0) is 22.3. The molecule has 3 amide bonds. The van der Waals surface area contributed by atoms with Crippen LogP contribution in [-0.2, 0) is 9.53 Å². The zero-order valence-corrected chi connectivity index (χ0v) is 17.4. The van der Waals surface area contributed by atoms with E-state index < -0.39 is 24.7 Å². The van der Waals surface area contributed by atoms with Crippen LogP contribution in [0, 0.1) is 5.92 Å². The van der Waals surface area contributed by atoms with Crippen molar-refractivity contribution in [2.24, 2.45) is 5.92 Å². The van der Waals surface area contributed by atoms with Crippen LogP contribution in [0.5, 0.6) is 0 Å².